The largest absolute Gasteiger partial charge is 0.494 e. The second kappa shape index (κ2) is 8.40. The molecule has 1 amide bonds. The van der Waals surface area contributed by atoms with Gasteiger partial charge >= 0.3 is 0 Å². The van der Waals surface area contributed by atoms with E-state index in [2.05, 4.69) is 27.9 Å². The van der Waals surface area contributed by atoms with Crippen molar-refractivity contribution in [1.82, 2.24) is 0 Å². The SMILES string of the molecule is CCOc1cc(OCC)cc(C(=O)Nc2ccc(I)cc2Cl)c1. The van der Waals surface area contributed by atoms with Crippen LogP contribution >= 0.6 is 34.2 Å². The van der Waals surface area contributed by atoms with Gasteiger partial charge in [0.25, 0.3) is 5.91 Å². The molecular formula is C17H17ClINO3. The third kappa shape index (κ3) is 5.00. The molecule has 2 rings (SSSR count). The van der Waals surface area contributed by atoms with E-state index < -0.39 is 0 Å². The van der Waals surface area contributed by atoms with Gasteiger partial charge in [-0.25, -0.2) is 0 Å². The first kappa shape index (κ1) is 17.9. The summed E-state index contributed by atoms with van der Waals surface area (Å²) in [4.78, 5) is 12.5. The summed E-state index contributed by atoms with van der Waals surface area (Å²) in [6, 6.07) is 10.6. The first-order valence-electron chi connectivity index (χ1n) is 7.20. The Balaban J connectivity index is 2.26. The Kier molecular flexibility index (Phi) is 6.53. The Hall–Kier alpha value is -1.47. The number of rotatable bonds is 6. The van der Waals surface area contributed by atoms with Crippen molar-refractivity contribution in [3.63, 3.8) is 0 Å². The van der Waals surface area contributed by atoms with Crippen LogP contribution in [-0.4, -0.2) is 19.1 Å². The Morgan fingerprint density at radius 1 is 1.09 bits per heavy atom. The molecule has 0 saturated carbocycles. The minimum absolute atomic E-state index is 0.268. The molecule has 6 heteroatoms. The van der Waals surface area contributed by atoms with E-state index in [1.54, 1.807) is 30.3 Å². The number of carbonyl (C=O) groups is 1. The number of benzene rings is 2. The molecule has 23 heavy (non-hydrogen) atoms. The number of hydrogen-bond donors (Lipinski definition) is 1. The summed E-state index contributed by atoms with van der Waals surface area (Å²) in [6.07, 6.45) is 0. The monoisotopic (exact) mass is 445 g/mol. The van der Waals surface area contributed by atoms with Crippen LogP contribution in [0.15, 0.2) is 36.4 Å². The maximum Gasteiger partial charge on any atom is 0.255 e. The van der Waals surface area contributed by atoms with E-state index in [-0.39, 0.29) is 5.91 Å². The Morgan fingerprint density at radius 2 is 1.70 bits per heavy atom. The van der Waals surface area contributed by atoms with E-state index in [4.69, 9.17) is 21.1 Å². The molecule has 0 aliphatic heterocycles. The maximum absolute atomic E-state index is 12.5. The van der Waals surface area contributed by atoms with Gasteiger partial charge in [-0.15, -0.1) is 0 Å². The van der Waals surface area contributed by atoms with Gasteiger partial charge in [0.15, 0.2) is 0 Å². The topological polar surface area (TPSA) is 47.6 Å². The maximum atomic E-state index is 12.5. The molecule has 4 nitrogen and oxygen atoms in total. The van der Waals surface area contributed by atoms with Gasteiger partial charge in [-0.1, -0.05) is 11.6 Å². The summed E-state index contributed by atoms with van der Waals surface area (Å²) in [5.41, 5.74) is 1.02. The Labute approximate surface area is 154 Å². The molecule has 122 valence electrons. The molecule has 0 heterocycles. The third-order valence-corrected chi connectivity index (χ3v) is 3.93. The van der Waals surface area contributed by atoms with E-state index in [1.807, 2.05) is 19.9 Å². The van der Waals surface area contributed by atoms with Crippen LogP contribution in [0, 0.1) is 3.57 Å². The van der Waals surface area contributed by atoms with Crippen molar-refractivity contribution in [2.24, 2.45) is 0 Å². The van der Waals surface area contributed by atoms with Gasteiger partial charge in [-0.2, -0.15) is 0 Å². The van der Waals surface area contributed by atoms with E-state index >= 15 is 0 Å². The smallest absolute Gasteiger partial charge is 0.255 e. The first-order valence-corrected chi connectivity index (χ1v) is 8.66. The summed E-state index contributed by atoms with van der Waals surface area (Å²) >= 11 is 8.32. The molecule has 0 saturated heterocycles. The van der Waals surface area contributed by atoms with Crippen molar-refractivity contribution < 1.29 is 14.3 Å². The Bertz CT molecular complexity index is 682. The zero-order valence-electron chi connectivity index (χ0n) is 12.9. The fourth-order valence-corrected chi connectivity index (χ4v) is 2.89. The van der Waals surface area contributed by atoms with E-state index in [1.165, 1.54) is 0 Å². The van der Waals surface area contributed by atoms with Crippen LogP contribution in [0.1, 0.15) is 24.2 Å². The third-order valence-electron chi connectivity index (χ3n) is 2.94. The summed E-state index contributed by atoms with van der Waals surface area (Å²) in [7, 11) is 0. The number of anilines is 1. The highest BCUT2D eigenvalue weighted by Crippen LogP contribution is 2.27. The molecule has 0 fully saturated rings. The van der Waals surface area contributed by atoms with Crippen LogP contribution in [0.2, 0.25) is 5.02 Å². The molecule has 2 aromatic carbocycles. The minimum Gasteiger partial charge on any atom is -0.494 e. The van der Waals surface area contributed by atoms with Gasteiger partial charge in [0.2, 0.25) is 0 Å². The molecule has 0 bridgehead atoms. The highest BCUT2D eigenvalue weighted by atomic mass is 127. The molecule has 0 spiro atoms. The van der Waals surface area contributed by atoms with Crippen LogP contribution in [-0.2, 0) is 0 Å². The summed E-state index contributed by atoms with van der Waals surface area (Å²) in [5.74, 6) is 0.922. The van der Waals surface area contributed by atoms with Crippen LogP contribution in [0.5, 0.6) is 11.5 Å². The van der Waals surface area contributed by atoms with Crippen molar-refractivity contribution in [2.75, 3.05) is 18.5 Å². The first-order chi connectivity index (χ1) is 11.0. The summed E-state index contributed by atoms with van der Waals surface area (Å²) in [5, 5.41) is 3.30. The lowest BCUT2D eigenvalue weighted by Gasteiger charge is -2.12. The lowest BCUT2D eigenvalue weighted by molar-refractivity contribution is 0.102. The van der Waals surface area contributed by atoms with Gasteiger partial charge in [0.05, 0.1) is 23.9 Å². The number of carbonyl (C=O) groups excluding carboxylic acids is 1. The molecule has 0 aromatic heterocycles. The van der Waals surface area contributed by atoms with E-state index in [0.29, 0.717) is 41.0 Å². The van der Waals surface area contributed by atoms with Crippen molar-refractivity contribution in [3.05, 3.63) is 50.6 Å². The zero-order valence-corrected chi connectivity index (χ0v) is 15.8. The highest BCUT2D eigenvalue weighted by Gasteiger charge is 2.12. The molecule has 0 unspecified atom stereocenters. The fourth-order valence-electron chi connectivity index (χ4n) is 1.99. The molecule has 2 aromatic rings. The van der Waals surface area contributed by atoms with Crippen molar-refractivity contribution in [3.8, 4) is 11.5 Å². The summed E-state index contributed by atoms with van der Waals surface area (Å²) in [6.45, 7) is 4.80. The second-order valence-electron chi connectivity index (χ2n) is 4.64. The van der Waals surface area contributed by atoms with Crippen LogP contribution in [0.4, 0.5) is 5.69 Å². The predicted molar refractivity (Wildman–Crippen MR) is 101 cm³/mol. The zero-order chi connectivity index (χ0) is 16.8. The number of ether oxygens (including phenoxy) is 2. The van der Waals surface area contributed by atoms with E-state index in [0.717, 1.165) is 3.57 Å². The molecular weight excluding hydrogens is 429 g/mol. The quantitative estimate of drug-likeness (QED) is 0.637. The molecule has 0 aliphatic rings. The standard InChI is InChI=1S/C17H17ClINO3/c1-3-22-13-7-11(8-14(10-13)23-4-2)17(21)20-16-6-5-12(19)9-15(16)18/h5-10H,3-4H2,1-2H3,(H,20,21). The fraction of sp³-hybridized carbons (Fsp3) is 0.235. The number of nitrogens with one attached hydrogen (secondary N) is 1. The highest BCUT2D eigenvalue weighted by molar-refractivity contribution is 14.1. The lowest BCUT2D eigenvalue weighted by Crippen LogP contribution is -2.13. The molecule has 0 aliphatic carbocycles. The Morgan fingerprint density at radius 3 is 2.22 bits per heavy atom. The van der Waals surface area contributed by atoms with Gasteiger partial charge in [0.1, 0.15) is 11.5 Å². The van der Waals surface area contributed by atoms with Crippen molar-refractivity contribution >= 4 is 45.8 Å². The number of hydrogen-bond acceptors (Lipinski definition) is 3. The van der Waals surface area contributed by atoms with Crippen LogP contribution < -0.4 is 14.8 Å². The van der Waals surface area contributed by atoms with Gasteiger partial charge in [-0.3, -0.25) is 4.79 Å². The number of amides is 1. The van der Waals surface area contributed by atoms with E-state index in [9.17, 15) is 4.79 Å². The average Bonchev–Trinajstić information content (AvgIpc) is 2.50. The lowest BCUT2D eigenvalue weighted by atomic mass is 10.1. The van der Waals surface area contributed by atoms with Crippen LogP contribution in [0.25, 0.3) is 0 Å². The van der Waals surface area contributed by atoms with Gasteiger partial charge in [-0.05, 0) is 66.8 Å². The molecule has 0 radical (unpaired) electrons. The normalized spacial score (nSPS) is 10.3. The predicted octanol–water partition coefficient (Wildman–Crippen LogP) is 4.99. The van der Waals surface area contributed by atoms with Crippen molar-refractivity contribution in [1.29, 1.82) is 0 Å². The second-order valence-corrected chi connectivity index (χ2v) is 6.29. The molecule has 1 N–H and O–H groups in total. The number of halogens is 2. The van der Waals surface area contributed by atoms with Crippen molar-refractivity contribution in [2.45, 2.75) is 13.8 Å². The minimum atomic E-state index is -0.268. The average molecular weight is 446 g/mol. The van der Waals surface area contributed by atoms with Gasteiger partial charge in [0, 0.05) is 15.2 Å². The van der Waals surface area contributed by atoms with Gasteiger partial charge < -0.3 is 14.8 Å². The summed E-state index contributed by atoms with van der Waals surface area (Å²) < 4.78 is 12.0. The van der Waals surface area contributed by atoms with Crippen LogP contribution in [0.3, 0.4) is 0 Å². The molecule has 0 atom stereocenters.